The molecule has 1 N–H and O–H groups in total. The van der Waals surface area contributed by atoms with E-state index in [1.807, 2.05) is 4.90 Å². The lowest BCUT2D eigenvalue weighted by molar-refractivity contribution is -0.144. The minimum atomic E-state index is -3.69. The van der Waals surface area contributed by atoms with E-state index >= 15 is 0 Å². The van der Waals surface area contributed by atoms with Gasteiger partial charge in [0.2, 0.25) is 5.91 Å². The van der Waals surface area contributed by atoms with E-state index in [4.69, 9.17) is 4.74 Å². The Bertz CT molecular complexity index is 1090. The van der Waals surface area contributed by atoms with Gasteiger partial charge in [-0.2, -0.15) is 0 Å². The van der Waals surface area contributed by atoms with Crippen LogP contribution in [0.15, 0.2) is 35.2 Å². The Hall–Kier alpha value is -2.26. The number of likely N-dealkylation sites (tertiary alicyclic amines) is 1. The highest BCUT2D eigenvalue weighted by molar-refractivity contribution is 7.90. The third kappa shape index (κ3) is 5.20. The molecule has 2 amide bonds. The number of allylic oxidation sites excluding steroid dienone is 2. The molecule has 1 spiro atoms. The number of sulfone groups is 1. The van der Waals surface area contributed by atoms with Crippen LogP contribution in [0.2, 0.25) is 0 Å². The summed E-state index contributed by atoms with van der Waals surface area (Å²) in [6.45, 7) is 4.43. The summed E-state index contributed by atoms with van der Waals surface area (Å²) < 4.78 is 43.2. The molecule has 1 aromatic rings. The van der Waals surface area contributed by atoms with Gasteiger partial charge < -0.3 is 15.0 Å². The van der Waals surface area contributed by atoms with Crippen molar-refractivity contribution in [1.82, 2.24) is 10.2 Å². The Morgan fingerprint density at radius 2 is 1.94 bits per heavy atom. The van der Waals surface area contributed by atoms with Crippen LogP contribution in [0.3, 0.4) is 0 Å². The van der Waals surface area contributed by atoms with E-state index in [9.17, 15) is 22.4 Å². The molecule has 34 heavy (non-hydrogen) atoms. The topological polar surface area (TPSA) is 92.8 Å². The van der Waals surface area contributed by atoms with E-state index in [1.54, 1.807) is 0 Å². The van der Waals surface area contributed by atoms with Crippen molar-refractivity contribution in [1.29, 1.82) is 0 Å². The van der Waals surface area contributed by atoms with Gasteiger partial charge in [-0.1, -0.05) is 19.1 Å². The summed E-state index contributed by atoms with van der Waals surface area (Å²) in [6.07, 6.45) is 10.3. The summed E-state index contributed by atoms with van der Waals surface area (Å²) in [6, 6.07) is 3.36. The lowest BCUT2D eigenvalue weighted by Gasteiger charge is -2.42. The van der Waals surface area contributed by atoms with Gasteiger partial charge in [0.15, 0.2) is 9.84 Å². The zero-order valence-corrected chi connectivity index (χ0v) is 20.6. The Balaban J connectivity index is 1.27. The first-order chi connectivity index (χ1) is 16.0. The zero-order chi connectivity index (χ0) is 24.6. The first-order valence-electron chi connectivity index (χ1n) is 11.9. The molecule has 2 atom stereocenters. The monoisotopic (exact) mass is 492 g/mol. The molecule has 0 aromatic heterocycles. The molecule has 0 bridgehead atoms. The van der Waals surface area contributed by atoms with Crippen molar-refractivity contribution in [3.05, 3.63) is 41.7 Å². The van der Waals surface area contributed by atoms with Crippen LogP contribution in [-0.2, 0) is 19.4 Å². The smallest absolute Gasteiger partial charge is 0.251 e. The van der Waals surface area contributed by atoms with Crippen LogP contribution in [-0.4, -0.2) is 63.7 Å². The first-order valence-corrected chi connectivity index (χ1v) is 13.7. The van der Waals surface area contributed by atoms with Crippen molar-refractivity contribution in [3.8, 4) is 0 Å². The van der Waals surface area contributed by atoms with Gasteiger partial charge in [0.1, 0.15) is 10.7 Å². The van der Waals surface area contributed by atoms with Crippen LogP contribution in [0.4, 0.5) is 4.39 Å². The van der Waals surface area contributed by atoms with Gasteiger partial charge in [-0.25, -0.2) is 12.8 Å². The van der Waals surface area contributed by atoms with Crippen molar-refractivity contribution in [2.24, 2.45) is 10.8 Å². The Morgan fingerprint density at radius 3 is 2.56 bits per heavy atom. The lowest BCUT2D eigenvalue weighted by atomic mass is 9.74. The number of carbonyl (C=O) groups excluding carboxylic acids is 2. The summed E-state index contributed by atoms with van der Waals surface area (Å²) >= 11 is 0. The average Bonchev–Trinajstić information content (AvgIpc) is 3.19. The molecule has 0 radical (unpaired) electrons. The molecule has 2 saturated heterocycles. The summed E-state index contributed by atoms with van der Waals surface area (Å²) in [5.41, 5.74) is -0.212. The van der Waals surface area contributed by atoms with Gasteiger partial charge >= 0.3 is 0 Å². The number of carbonyl (C=O) groups is 2. The third-order valence-electron chi connectivity index (χ3n) is 7.60. The molecular formula is C25H33FN2O5S. The number of ether oxygens (including phenoxy) is 1. The van der Waals surface area contributed by atoms with Gasteiger partial charge in [0.05, 0.1) is 18.1 Å². The molecule has 9 heteroatoms. The molecule has 3 aliphatic rings. The van der Waals surface area contributed by atoms with Crippen molar-refractivity contribution in [3.63, 3.8) is 0 Å². The van der Waals surface area contributed by atoms with E-state index in [-0.39, 0.29) is 28.4 Å². The number of rotatable bonds is 5. The Labute approximate surface area is 200 Å². The Kier molecular flexibility index (Phi) is 6.88. The molecule has 7 nitrogen and oxygen atoms in total. The number of piperidine rings is 1. The second kappa shape index (κ2) is 9.41. The fraction of sp³-hybridized carbons (Fsp3) is 0.600. The molecule has 1 aliphatic carbocycles. The predicted octanol–water partition coefficient (Wildman–Crippen LogP) is 3.10. The molecule has 0 saturated carbocycles. The van der Waals surface area contributed by atoms with Gasteiger partial charge in [-0.3, -0.25) is 9.59 Å². The van der Waals surface area contributed by atoms with Gasteiger partial charge in [-0.05, 0) is 62.1 Å². The molecule has 186 valence electrons. The van der Waals surface area contributed by atoms with Gasteiger partial charge in [0.25, 0.3) is 5.91 Å². The van der Waals surface area contributed by atoms with Crippen molar-refractivity contribution < 1.29 is 27.1 Å². The number of hydrogen-bond donors (Lipinski definition) is 1. The molecule has 2 unspecified atom stereocenters. The van der Waals surface area contributed by atoms with E-state index in [1.165, 1.54) is 6.07 Å². The number of benzene rings is 1. The number of nitrogens with zero attached hydrogens (tertiary/aromatic N) is 1. The van der Waals surface area contributed by atoms with Crippen molar-refractivity contribution in [2.45, 2.75) is 56.4 Å². The summed E-state index contributed by atoms with van der Waals surface area (Å²) in [7, 11) is -3.69. The fourth-order valence-corrected chi connectivity index (χ4v) is 6.08. The summed E-state index contributed by atoms with van der Waals surface area (Å²) in [4.78, 5) is 27.1. The number of nitrogens with one attached hydrogen (secondary N) is 1. The highest BCUT2D eigenvalue weighted by atomic mass is 32.2. The maximum absolute atomic E-state index is 14.1. The van der Waals surface area contributed by atoms with E-state index in [0.717, 1.165) is 70.0 Å². The van der Waals surface area contributed by atoms with Crippen LogP contribution in [0.5, 0.6) is 0 Å². The lowest BCUT2D eigenvalue weighted by Crippen LogP contribution is -2.49. The molecule has 1 aromatic carbocycles. The quantitative estimate of drug-likeness (QED) is 0.638. The zero-order valence-electron chi connectivity index (χ0n) is 19.8. The van der Waals surface area contributed by atoms with Gasteiger partial charge in [-0.15, -0.1) is 0 Å². The minimum absolute atomic E-state index is 0.0167. The van der Waals surface area contributed by atoms with Crippen molar-refractivity contribution >= 4 is 21.7 Å². The van der Waals surface area contributed by atoms with Gasteiger partial charge in [0, 0.05) is 31.5 Å². The maximum Gasteiger partial charge on any atom is 0.251 e. The van der Waals surface area contributed by atoms with E-state index in [0.29, 0.717) is 13.2 Å². The second-order valence-corrected chi connectivity index (χ2v) is 12.3. The highest BCUT2D eigenvalue weighted by Crippen LogP contribution is 2.43. The first kappa shape index (κ1) is 24.9. The SMILES string of the molecule is CC1(C(=O)N2CCC3(CC2)COC(CNC(=O)c2ccc(S(C)(=O)=O)c(F)c2)C3)CC=CCC1. The number of halogens is 1. The predicted molar refractivity (Wildman–Crippen MR) is 126 cm³/mol. The average molecular weight is 493 g/mol. The van der Waals surface area contributed by atoms with Crippen molar-refractivity contribution in [2.75, 3.05) is 32.5 Å². The Morgan fingerprint density at radius 1 is 1.21 bits per heavy atom. The molecule has 2 fully saturated rings. The minimum Gasteiger partial charge on any atom is -0.376 e. The van der Waals surface area contributed by atoms with Crippen LogP contribution in [0.25, 0.3) is 0 Å². The standard InChI is InChI=1S/C25H33FN2O5S/c1-24(8-4-3-5-9-24)23(30)28-12-10-25(11-13-28)15-19(33-17-25)16-27-22(29)18-6-7-21(20(26)14-18)34(2,31)32/h3-4,6-7,14,19H,5,8-13,15-17H2,1-2H3,(H,27,29). The fourth-order valence-electron chi connectivity index (χ4n) is 5.35. The van der Waals surface area contributed by atoms with Crippen LogP contribution >= 0.6 is 0 Å². The summed E-state index contributed by atoms with van der Waals surface area (Å²) in [5, 5.41) is 2.77. The number of hydrogen-bond acceptors (Lipinski definition) is 5. The third-order valence-corrected chi connectivity index (χ3v) is 8.73. The van der Waals surface area contributed by atoms with Crippen LogP contribution in [0.1, 0.15) is 55.8 Å². The van der Waals surface area contributed by atoms with Crippen LogP contribution < -0.4 is 5.32 Å². The molecule has 2 heterocycles. The maximum atomic E-state index is 14.1. The van der Waals surface area contributed by atoms with E-state index < -0.39 is 26.5 Å². The highest BCUT2D eigenvalue weighted by Gasteiger charge is 2.45. The largest absolute Gasteiger partial charge is 0.376 e. The molecule has 4 rings (SSSR count). The summed E-state index contributed by atoms with van der Waals surface area (Å²) in [5.74, 6) is -1.16. The molecular weight excluding hydrogens is 459 g/mol. The number of amides is 2. The normalized spacial score (nSPS) is 26.6. The van der Waals surface area contributed by atoms with E-state index in [2.05, 4.69) is 24.4 Å². The second-order valence-electron chi connectivity index (χ2n) is 10.3. The van der Waals surface area contributed by atoms with Crippen LogP contribution in [0, 0.1) is 16.6 Å². The molecule has 2 aliphatic heterocycles.